The normalized spacial score (nSPS) is 21.3. The monoisotopic (exact) mass is 276 g/mol. The summed E-state index contributed by atoms with van der Waals surface area (Å²) in [5, 5.41) is 6.26. The Hall–Kier alpha value is -1.75. The van der Waals surface area contributed by atoms with Gasteiger partial charge >= 0.3 is 0 Å². The fraction of sp³-hybridized carbons (Fsp3) is 0.533. The van der Waals surface area contributed by atoms with Gasteiger partial charge in [0.15, 0.2) is 11.5 Å². The molecule has 2 aliphatic rings. The first kappa shape index (κ1) is 13.2. The van der Waals surface area contributed by atoms with E-state index in [1.807, 2.05) is 18.2 Å². The van der Waals surface area contributed by atoms with E-state index in [2.05, 4.69) is 10.6 Å². The van der Waals surface area contributed by atoms with Crippen LogP contribution in [0.1, 0.15) is 18.4 Å². The molecule has 0 spiro atoms. The third kappa shape index (κ3) is 3.04. The van der Waals surface area contributed by atoms with Crippen LogP contribution in [0.4, 0.5) is 0 Å². The van der Waals surface area contributed by atoms with E-state index in [0.717, 1.165) is 43.0 Å². The molecule has 1 aromatic carbocycles. The number of benzene rings is 1. The number of carbonyl (C=O) groups excluding carboxylic acids is 1. The van der Waals surface area contributed by atoms with Crippen molar-refractivity contribution in [1.29, 1.82) is 0 Å². The van der Waals surface area contributed by atoms with Crippen molar-refractivity contribution in [2.24, 2.45) is 5.92 Å². The predicted octanol–water partition coefficient (Wildman–Crippen LogP) is 1.07. The van der Waals surface area contributed by atoms with Gasteiger partial charge in [-0.25, -0.2) is 0 Å². The molecule has 5 nitrogen and oxygen atoms in total. The molecule has 0 radical (unpaired) electrons. The second-order valence-corrected chi connectivity index (χ2v) is 5.24. The molecule has 1 atom stereocenters. The lowest BCUT2D eigenvalue weighted by molar-refractivity contribution is -0.125. The van der Waals surface area contributed by atoms with Gasteiger partial charge in [-0.1, -0.05) is 6.07 Å². The van der Waals surface area contributed by atoms with Crippen LogP contribution in [0.2, 0.25) is 0 Å². The van der Waals surface area contributed by atoms with Crippen molar-refractivity contribution in [1.82, 2.24) is 10.6 Å². The molecule has 0 saturated carbocycles. The summed E-state index contributed by atoms with van der Waals surface area (Å²) in [6.45, 7) is 3.51. The van der Waals surface area contributed by atoms with E-state index in [9.17, 15) is 4.79 Å². The van der Waals surface area contributed by atoms with Crippen LogP contribution in [0.3, 0.4) is 0 Å². The largest absolute Gasteiger partial charge is 0.486 e. The number of piperidine rings is 1. The Morgan fingerprint density at radius 3 is 2.95 bits per heavy atom. The van der Waals surface area contributed by atoms with Crippen molar-refractivity contribution in [3.8, 4) is 11.5 Å². The fourth-order valence-corrected chi connectivity index (χ4v) is 2.61. The summed E-state index contributed by atoms with van der Waals surface area (Å²) in [5.74, 6) is 1.78. The average molecular weight is 276 g/mol. The molecular weight excluding hydrogens is 256 g/mol. The third-order valence-electron chi connectivity index (χ3n) is 3.74. The molecule has 0 bridgehead atoms. The zero-order chi connectivity index (χ0) is 13.8. The van der Waals surface area contributed by atoms with Crippen molar-refractivity contribution in [2.75, 3.05) is 26.3 Å². The van der Waals surface area contributed by atoms with Crippen LogP contribution >= 0.6 is 0 Å². The van der Waals surface area contributed by atoms with Crippen LogP contribution in [-0.2, 0) is 11.3 Å². The number of hydrogen-bond donors (Lipinski definition) is 2. The van der Waals surface area contributed by atoms with Gasteiger partial charge in [0.2, 0.25) is 5.91 Å². The minimum absolute atomic E-state index is 0.0981. The van der Waals surface area contributed by atoms with E-state index in [1.165, 1.54) is 0 Å². The van der Waals surface area contributed by atoms with Crippen molar-refractivity contribution in [3.05, 3.63) is 23.8 Å². The third-order valence-corrected chi connectivity index (χ3v) is 3.74. The summed E-state index contributed by atoms with van der Waals surface area (Å²) in [7, 11) is 0. The zero-order valence-corrected chi connectivity index (χ0v) is 11.5. The van der Waals surface area contributed by atoms with Crippen LogP contribution in [0, 0.1) is 5.92 Å². The smallest absolute Gasteiger partial charge is 0.224 e. The summed E-state index contributed by atoms with van der Waals surface area (Å²) in [6.07, 6.45) is 2.04. The maximum absolute atomic E-state index is 12.1. The summed E-state index contributed by atoms with van der Waals surface area (Å²) in [5.41, 5.74) is 1.03. The van der Waals surface area contributed by atoms with Gasteiger partial charge in [-0.3, -0.25) is 4.79 Å². The number of fused-ring (bicyclic) bond motifs is 1. The summed E-state index contributed by atoms with van der Waals surface area (Å²) in [4.78, 5) is 12.1. The Morgan fingerprint density at radius 1 is 1.30 bits per heavy atom. The van der Waals surface area contributed by atoms with E-state index in [4.69, 9.17) is 9.47 Å². The lowest BCUT2D eigenvalue weighted by Crippen LogP contribution is -2.40. The van der Waals surface area contributed by atoms with Crippen LogP contribution in [0.5, 0.6) is 11.5 Å². The number of amides is 1. The molecule has 2 heterocycles. The SMILES string of the molecule is O=C(NCc1ccc2c(c1)OCCO2)[C@@H]1CCCNC1. The van der Waals surface area contributed by atoms with E-state index >= 15 is 0 Å². The Balaban J connectivity index is 1.56. The lowest BCUT2D eigenvalue weighted by atomic mass is 9.99. The molecule has 20 heavy (non-hydrogen) atoms. The maximum Gasteiger partial charge on any atom is 0.224 e. The molecule has 1 fully saturated rings. The first-order valence-electron chi connectivity index (χ1n) is 7.20. The highest BCUT2D eigenvalue weighted by Gasteiger charge is 2.20. The number of carbonyl (C=O) groups is 1. The zero-order valence-electron chi connectivity index (χ0n) is 11.5. The Morgan fingerprint density at radius 2 is 2.15 bits per heavy atom. The van der Waals surface area contributed by atoms with Gasteiger partial charge in [0.25, 0.3) is 0 Å². The molecule has 108 valence electrons. The second-order valence-electron chi connectivity index (χ2n) is 5.24. The first-order valence-corrected chi connectivity index (χ1v) is 7.20. The number of hydrogen-bond acceptors (Lipinski definition) is 4. The average Bonchev–Trinajstić information content (AvgIpc) is 2.53. The van der Waals surface area contributed by atoms with E-state index < -0.39 is 0 Å². The van der Waals surface area contributed by atoms with Gasteiger partial charge in [-0.2, -0.15) is 0 Å². The minimum Gasteiger partial charge on any atom is -0.486 e. The van der Waals surface area contributed by atoms with E-state index in [0.29, 0.717) is 19.8 Å². The van der Waals surface area contributed by atoms with Gasteiger partial charge in [0.05, 0.1) is 5.92 Å². The van der Waals surface area contributed by atoms with Gasteiger partial charge < -0.3 is 20.1 Å². The van der Waals surface area contributed by atoms with E-state index in [1.54, 1.807) is 0 Å². The molecular formula is C15H20N2O3. The topological polar surface area (TPSA) is 59.6 Å². The van der Waals surface area contributed by atoms with Crippen LogP contribution in [-0.4, -0.2) is 32.2 Å². The number of nitrogens with one attached hydrogen (secondary N) is 2. The van der Waals surface area contributed by atoms with Crippen molar-refractivity contribution >= 4 is 5.91 Å². The Kier molecular flexibility index (Phi) is 4.06. The van der Waals surface area contributed by atoms with Crippen molar-refractivity contribution < 1.29 is 14.3 Å². The predicted molar refractivity (Wildman–Crippen MR) is 74.9 cm³/mol. The van der Waals surface area contributed by atoms with Gasteiger partial charge in [0.1, 0.15) is 13.2 Å². The second kappa shape index (κ2) is 6.13. The first-order chi connectivity index (χ1) is 9.83. The summed E-state index contributed by atoms with van der Waals surface area (Å²) in [6, 6.07) is 5.80. The molecule has 1 amide bonds. The number of rotatable bonds is 3. The van der Waals surface area contributed by atoms with Crippen molar-refractivity contribution in [2.45, 2.75) is 19.4 Å². The summed E-state index contributed by atoms with van der Waals surface area (Å²) >= 11 is 0. The highest BCUT2D eigenvalue weighted by molar-refractivity contribution is 5.79. The van der Waals surface area contributed by atoms with Crippen LogP contribution in [0.15, 0.2) is 18.2 Å². The number of ether oxygens (including phenoxy) is 2. The Labute approximate surface area is 118 Å². The van der Waals surface area contributed by atoms with Gasteiger partial charge in [-0.05, 0) is 37.1 Å². The lowest BCUT2D eigenvalue weighted by Gasteiger charge is -2.22. The van der Waals surface area contributed by atoms with Crippen LogP contribution < -0.4 is 20.1 Å². The molecule has 1 aromatic rings. The Bertz CT molecular complexity index is 484. The van der Waals surface area contributed by atoms with Crippen molar-refractivity contribution in [3.63, 3.8) is 0 Å². The fourth-order valence-electron chi connectivity index (χ4n) is 2.61. The molecule has 1 saturated heterocycles. The molecule has 5 heteroatoms. The molecule has 0 unspecified atom stereocenters. The molecule has 3 rings (SSSR count). The van der Waals surface area contributed by atoms with Gasteiger partial charge in [0, 0.05) is 13.1 Å². The quantitative estimate of drug-likeness (QED) is 0.867. The summed E-state index contributed by atoms with van der Waals surface area (Å²) < 4.78 is 11.0. The highest BCUT2D eigenvalue weighted by atomic mass is 16.6. The van der Waals surface area contributed by atoms with E-state index in [-0.39, 0.29) is 11.8 Å². The van der Waals surface area contributed by atoms with Crippen LogP contribution in [0.25, 0.3) is 0 Å². The molecule has 2 N–H and O–H groups in total. The highest BCUT2D eigenvalue weighted by Crippen LogP contribution is 2.30. The molecule has 2 aliphatic heterocycles. The van der Waals surface area contributed by atoms with Gasteiger partial charge in [-0.15, -0.1) is 0 Å². The maximum atomic E-state index is 12.1. The minimum atomic E-state index is 0.0981. The standard InChI is InChI=1S/C15H20N2O3/c18-15(12-2-1-5-16-10-12)17-9-11-3-4-13-14(8-11)20-7-6-19-13/h3-4,8,12,16H,1-2,5-7,9-10H2,(H,17,18)/t12-/m1/s1. The molecule has 0 aromatic heterocycles. The molecule has 0 aliphatic carbocycles.